The molecule has 0 aliphatic carbocycles. The second-order valence-electron chi connectivity index (χ2n) is 8.90. The van der Waals surface area contributed by atoms with Crippen molar-refractivity contribution in [3.63, 3.8) is 0 Å². The smallest absolute Gasteiger partial charge is 0.227 e. The lowest BCUT2D eigenvalue weighted by Gasteiger charge is -2.18. The first-order chi connectivity index (χ1) is 16.0. The lowest BCUT2D eigenvalue weighted by Crippen LogP contribution is -2.24. The van der Waals surface area contributed by atoms with Gasteiger partial charge >= 0.3 is 0 Å². The fourth-order valence-electron chi connectivity index (χ4n) is 4.62. The minimum absolute atomic E-state index is 0.0481. The molecule has 1 aliphatic rings. The molecule has 5 heteroatoms. The van der Waals surface area contributed by atoms with Crippen LogP contribution in [0.4, 0.5) is 5.69 Å². The van der Waals surface area contributed by atoms with Gasteiger partial charge in [-0.15, -0.1) is 0 Å². The third-order valence-corrected chi connectivity index (χ3v) is 6.65. The standard InChI is InChI=1S/C28H29N3O2/c1-19-11-13-23(14-12-19)31-18-22(17-27(31)32)28-29-24-8-4-5-9-25(24)30(28)15-16-33-26-10-6-7-20(2)21(26)3/h4-14,22H,15-18H2,1-3H3. The van der Waals surface area contributed by atoms with Gasteiger partial charge in [0.2, 0.25) is 5.91 Å². The summed E-state index contributed by atoms with van der Waals surface area (Å²) in [5.41, 5.74) is 6.57. The molecule has 0 radical (unpaired) electrons. The molecule has 0 saturated carbocycles. The van der Waals surface area contributed by atoms with E-state index in [2.05, 4.69) is 49.6 Å². The van der Waals surface area contributed by atoms with Crippen molar-refractivity contribution in [1.82, 2.24) is 9.55 Å². The van der Waals surface area contributed by atoms with Crippen LogP contribution in [0, 0.1) is 20.8 Å². The number of hydrogen-bond donors (Lipinski definition) is 0. The van der Waals surface area contributed by atoms with Crippen LogP contribution in [-0.2, 0) is 11.3 Å². The van der Waals surface area contributed by atoms with Crippen molar-refractivity contribution in [3.8, 4) is 5.75 Å². The predicted octanol–water partition coefficient (Wildman–Crippen LogP) is 5.56. The van der Waals surface area contributed by atoms with Crippen LogP contribution in [-0.4, -0.2) is 28.6 Å². The SMILES string of the molecule is Cc1ccc(N2CC(c3nc4ccccc4n3CCOc3cccc(C)c3C)CC2=O)cc1. The number of ether oxygens (including phenoxy) is 1. The molecule has 2 heterocycles. The molecule has 5 rings (SSSR count). The first-order valence-corrected chi connectivity index (χ1v) is 11.5. The fourth-order valence-corrected chi connectivity index (χ4v) is 4.62. The molecule has 1 aliphatic heterocycles. The van der Waals surface area contributed by atoms with Gasteiger partial charge in [0.1, 0.15) is 18.2 Å². The van der Waals surface area contributed by atoms with E-state index in [1.807, 2.05) is 47.4 Å². The number of anilines is 1. The van der Waals surface area contributed by atoms with Gasteiger partial charge in [-0.3, -0.25) is 4.79 Å². The maximum Gasteiger partial charge on any atom is 0.227 e. The molecule has 0 N–H and O–H groups in total. The second-order valence-corrected chi connectivity index (χ2v) is 8.90. The molecule has 3 aromatic carbocycles. The Morgan fingerprint density at radius 1 is 0.970 bits per heavy atom. The van der Waals surface area contributed by atoms with Gasteiger partial charge in [0, 0.05) is 24.6 Å². The van der Waals surface area contributed by atoms with Crippen molar-refractivity contribution < 1.29 is 9.53 Å². The third-order valence-electron chi connectivity index (χ3n) is 6.65. The number of hydrogen-bond acceptors (Lipinski definition) is 3. The Morgan fingerprint density at radius 3 is 2.58 bits per heavy atom. The van der Waals surface area contributed by atoms with E-state index in [1.54, 1.807) is 0 Å². The van der Waals surface area contributed by atoms with E-state index in [9.17, 15) is 4.79 Å². The predicted molar refractivity (Wildman–Crippen MR) is 132 cm³/mol. The Kier molecular flexibility index (Phi) is 5.63. The topological polar surface area (TPSA) is 47.4 Å². The lowest BCUT2D eigenvalue weighted by atomic mass is 10.1. The molecule has 1 amide bonds. The Labute approximate surface area is 194 Å². The fraction of sp³-hybridized carbons (Fsp3) is 0.286. The normalized spacial score (nSPS) is 16.0. The number of fused-ring (bicyclic) bond motifs is 1. The first-order valence-electron chi connectivity index (χ1n) is 11.5. The molecule has 1 atom stereocenters. The highest BCUT2D eigenvalue weighted by molar-refractivity contribution is 5.96. The van der Waals surface area contributed by atoms with Gasteiger partial charge in [-0.25, -0.2) is 4.98 Å². The Bertz CT molecular complexity index is 1310. The van der Waals surface area contributed by atoms with Crippen LogP contribution in [0.1, 0.15) is 34.9 Å². The molecular formula is C28H29N3O2. The number of carbonyl (C=O) groups excluding carboxylic acids is 1. The van der Waals surface area contributed by atoms with Crippen LogP contribution in [0.2, 0.25) is 0 Å². The van der Waals surface area contributed by atoms with Crippen molar-refractivity contribution in [3.05, 3.63) is 89.2 Å². The molecule has 0 bridgehead atoms. The lowest BCUT2D eigenvalue weighted by molar-refractivity contribution is -0.117. The van der Waals surface area contributed by atoms with Crippen LogP contribution in [0.15, 0.2) is 66.7 Å². The summed E-state index contributed by atoms with van der Waals surface area (Å²) in [5, 5.41) is 0. The van der Waals surface area contributed by atoms with E-state index in [1.165, 1.54) is 16.7 Å². The largest absolute Gasteiger partial charge is 0.491 e. The average molecular weight is 440 g/mol. The molecule has 1 fully saturated rings. The first kappa shape index (κ1) is 21.3. The van der Waals surface area contributed by atoms with Crippen molar-refractivity contribution in [2.45, 2.75) is 39.7 Å². The number of amides is 1. The number of aryl methyl sites for hydroxylation is 2. The highest BCUT2D eigenvalue weighted by Gasteiger charge is 2.34. The third kappa shape index (κ3) is 4.11. The minimum Gasteiger partial charge on any atom is -0.491 e. The molecule has 4 aromatic rings. The number of imidazole rings is 1. The molecule has 5 nitrogen and oxygen atoms in total. The van der Waals surface area contributed by atoms with E-state index < -0.39 is 0 Å². The van der Waals surface area contributed by atoms with Crippen LogP contribution < -0.4 is 9.64 Å². The van der Waals surface area contributed by atoms with Crippen molar-refractivity contribution in [1.29, 1.82) is 0 Å². The van der Waals surface area contributed by atoms with Gasteiger partial charge in [-0.2, -0.15) is 0 Å². The number of aromatic nitrogens is 2. The zero-order chi connectivity index (χ0) is 22.9. The average Bonchev–Trinajstić information content (AvgIpc) is 3.38. The maximum atomic E-state index is 12.9. The van der Waals surface area contributed by atoms with Gasteiger partial charge in [0.25, 0.3) is 0 Å². The molecular weight excluding hydrogens is 410 g/mol. The van der Waals surface area contributed by atoms with Crippen LogP contribution >= 0.6 is 0 Å². The molecule has 1 saturated heterocycles. The molecule has 1 aromatic heterocycles. The van der Waals surface area contributed by atoms with Crippen LogP contribution in [0.3, 0.4) is 0 Å². The summed E-state index contributed by atoms with van der Waals surface area (Å²) < 4.78 is 8.39. The highest BCUT2D eigenvalue weighted by Crippen LogP contribution is 2.33. The van der Waals surface area contributed by atoms with Crippen LogP contribution in [0.5, 0.6) is 5.75 Å². The molecule has 1 unspecified atom stereocenters. The quantitative estimate of drug-likeness (QED) is 0.395. The Balaban J connectivity index is 1.40. The van der Waals surface area contributed by atoms with E-state index in [0.29, 0.717) is 26.1 Å². The minimum atomic E-state index is 0.0481. The highest BCUT2D eigenvalue weighted by atomic mass is 16.5. The van der Waals surface area contributed by atoms with Crippen LogP contribution in [0.25, 0.3) is 11.0 Å². The summed E-state index contributed by atoms with van der Waals surface area (Å²) in [5.74, 6) is 2.08. The summed E-state index contributed by atoms with van der Waals surface area (Å²) in [6.07, 6.45) is 0.467. The molecule has 168 valence electrons. The summed E-state index contributed by atoms with van der Waals surface area (Å²) in [4.78, 5) is 19.7. The number of benzene rings is 3. The summed E-state index contributed by atoms with van der Waals surface area (Å²) in [6, 6.07) is 22.5. The van der Waals surface area contributed by atoms with Crippen molar-refractivity contribution >= 4 is 22.6 Å². The van der Waals surface area contributed by atoms with E-state index in [4.69, 9.17) is 9.72 Å². The number of rotatable bonds is 6. The van der Waals surface area contributed by atoms with E-state index in [0.717, 1.165) is 28.3 Å². The second kappa shape index (κ2) is 8.74. The monoisotopic (exact) mass is 439 g/mol. The van der Waals surface area contributed by atoms with Gasteiger partial charge in [-0.05, 0) is 62.2 Å². The summed E-state index contributed by atoms with van der Waals surface area (Å²) in [7, 11) is 0. The zero-order valence-corrected chi connectivity index (χ0v) is 19.4. The van der Waals surface area contributed by atoms with Gasteiger partial charge < -0.3 is 14.2 Å². The van der Waals surface area contributed by atoms with Crippen molar-refractivity contribution in [2.24, 2.45) is 0 Å². The summed E-state index contributed by atoms with van der Waals surface area (Å²) in [6.45, 7) is 8.11. The van der Waals surface area contributed by atoms with E-state index >= 15 is 0 Å². The number of para-hydroxylation sites is 2. The Hall–Kier alpha value is -3.60. The Morgan fingerprint density at radius 2 is 1.76 bits per heavy atom. The molecule has 33 heavy (non-hydrogen) atoms. The van der Waals surface area contributed by atoms with Gasteiger partial charge in [0.05, 0.1) is 17.6 Å². The summed E-state index contributed by atoms with van der Waals surface area (Å²) >= 11 is 0. The number of nitrogens with zero attached hydrogens (tertiary/aromatic N) is 3. The number of carbonyl (C=O) groups is 1. The molecule has 0 spiro atoms. The van der Waals surface area contributed by atoms with E-state index in [-0.39, 0.29) is 11.8 Å². The van der Waals surface area contributed by atoms with Gasteiger partial charge in [-0.1, -0.05) is 42.0 Å². The van der Waals surface area contributed by atoms with Crippen molar-refractivity contribution in [2.75, 3.05) is 18.1 Å². The van der Waals surface area contributed by atoms with Gasteiger partial charge in [0.15, 0.2) is 0 Å². The maximum absolute atomic E-state index is 12.9. The zero-order valence-electron chi connectivity index (χ0n) is 19.4.